The Labute approximate surface area is 818 Å². The van der Waals surface area contributed by atoms with Crippen LogP contribution in [0.1, 0.15) is 214 Å². The maximum Gasteiger partial charge on any atom is 0.253 e. The lowest BCUT2D eigenvalue weighted by molar-refractivity contribution is -0.138. The lowest BCUT2D eigenvalue weighted by atomic mass is 9.96. The van der Waals surface area contributed by atoms with Crippen molar-refractivity contribution in [2.24, 2.45) is 17.2 Å². The fourth-order valence-corrected chi connectivity index (χ4v) is 22.7. The molecule has 0 aliphatic heterocycles. The fraction of sp³-hybridized carbons (Fsp3) is 0.452. The molecule has 12 N–H and O–H groups in total. The Bertz CT molecular complexity index is 5820. The first-order chi connectivity index (χ1) is 66.6. The number of sulfone groups is 3. The van der Waals surface area contributed by atoms with Crippen molar-refractivity contribution in [2.45, 2.75) is 255 Å². The molecule has 1 aliphatic carbocycles. The number of rotatable bonds is 52. The monoisotopic (exact) mass is 2000 g/mol. The highest BCUT2D eigenvalue weighted by atomic mass is 32.2. The number of nitrogens with one attached hydrogen (secondary N) is 3. The van der Waals surface area contributed by atoms with Gasteiger partial charge in [-0.2, -0.15) is 0 Å². The molecule has 0 bridgehead atoms. The average Bonchev–Trinajstić information content (AvgIpc) is 1.58. The van der Waals surface area contributed by atoms with E-state index in [1.165, 1.54) is 76.1 Å². The Hall–Kier alpha value is -11.2. The molecule has 0 spiro atoms. The highest BCUT2D eigenvalue weighted by Gasteiger charge is 2.54. The van der Waals surface area contributed by atoms with Gasteiger partial charge in [0.25, 0.3) is 17.7 Å². The molecule has 6 aromatic carbocycles. The number of hydrogen-bond acceptors (Lipinski definition) is 21. The Morgan fingerprint density at radius 1 is 0.386 bits per heavy atom. The number of aliphatic hydroxyl groups is 3. The molecule has 3 aromatic heterocycles. The molecular formula is C104H134F6N12O15S3. The normalized spacial score (nSPS) is 14.4. The summed E-state index contributed by atoms with van der Waals surface area (Å²) in [5, 5.41) is 40.3. The van der Waals surface area contributed by atoms with Crippen LogP contribution in [0, 0.1) is 34.9 Å². The first-order valence-corrected chi connectivity index (χ1v) is 52.9. The number of carbonyl (C=O) groups is 6. The lowest BCUT2D eigenvalue weighted by Gasteiger charge is -2.38. The third kappa shape index (κ3) is 35.5. The maximum atomic E-state index is 14.8. The van der Waals surface area contributed by atoms with Gasteiger partial charge in [0.2, 0.25) is 17.7 Å². The van der Waals surface area contributed by atoms with Crippen molar-refractivity contribution in [1.29, 1.82) is 0 Å². The number of aryl methyl sites for hydroxylation is 3. The quantitative estimate of drug-likeness (QED) is 0.0160. The van der Waals surface area contributed by atoms with Gasteiger partial charge in [-0.15, -0.1) is 0 Å². The molecule has 760 valence electrons. The van der Waals surface area contributed by atoms with E-state index in [2.05, 4.69) is 30.9 Å². The van der Waals surface area contributed by atoms with E-state index in [0.717, 1.165) is 107 Å². The SMILES string of the molecule is CCCC(CCC)S(=O)(=O)C[C@@H](NC(=O)c1cccnc1)C(=O)N(Cc1cccc(CC)c1)C[C@@H](O)[C@@H](N)Cc1cc(F)cc(F)c1.CCCC(CCC)S(=O)(=O)C[C@@H](NC(=O)c1ccncc1)C(=O)N(C[C@@H](O)[C@@H](N)Cc1cc(F)cc(F)c1)C1(c2cccc(CC)c2)CC1.CCCCS(=O)(=O)C[C@@H](NC(=O)c1cccnc1)C(=O)N(Cc1cccc(CC)c1)C[C@@H](O)[C@@H](N)Cc1cc(F)cc(F)c1. The molecular weight excluding hydrogens is 1870 g/mol. The molecule has 1 aliphatic rings. The van der Waals surface area contributed by atoms with Gasteiger partial charge in [-0.25, -0.2) is 51.6 Å². The number of aromatic nitrogens is 3. The summed E-state index contributed by atoms with van der Waals surface area (Å²) in [5.41, 5.74) is 24.5. The van der Waals surface area contributed by atoms with Gasteiger partial charge < -0.3 is 63.2 Å². The second-order valence-electron chi connectivity index (χ2n) is 35.8. The van der Waals surface area contributed by atoms with E-state index in [1.54, 1.807) is 24.3 Å². The molecule has 1 fully saturated rings. The van der Waals surface area contributed by atoms with Crippen LogP contribution in [-0.2, 0) is 101 Å². The van der Waals surface area contributed by atoms with Crippen LogP contribution in [0.3, 0.4) is 0 Å². The number of hydrogen-bond donors (Lipinski definition) is 9. The third-order valence-electron chi connectivity index (χ3n) is 24.5. The number of nitrogens with two attached hydrogens (primary N) is 3. The maximum absolute atomic E-state index is 14.8. The van der Waals surface area contributed by atoms with Gasteiger partial charge in [-0.3, -0.25) is 43.7 Å². The van der Waals surface area contributed by atoms with Crippen LogP contribution < -0.4 is 33.2 Å². The molecule has 1 saturated carbocycles. The van der Waals surface area contributed by atoms with E-state index in [4.69, 9.17) is 17.2 Å². The Morgan fingerprint density at radius 2 is 0.729 bits per heavy atom. The summed E-state index contributed by atoms with van der Waals surface area (Å²) in [7, 11) is -11.5. The minimum absolute atomic E-state index is 0.0146. The van der Waals surface area contributed by atoms with Crippen molar-refractivity contribution >= 4 is 65.0 Å². The van der Waals surface area contributed by atoms with Crippen LogP contribution in [0.25, 0.3) is 0 Å². The van der Waals surface area contributed by atoms with Gasteiger partial charge in [0, 0.05) is 112 Å². The summed E-state index contributed by atoms with van der Waals surface area (Å²) in [4.78, 5) is 98.9. The predicted octanol–water partition coefficient (Wildman–Crippen LogP) is 12.4. The molecule has 36 heteroatoms. The van der Waals surface area contributed by atoms with Gasteiger partial charge in [0.1, 0.15) is 53.0 Å². The van der Waals surface area contributed by atoms with Crippen LogP contribution in [0.15, 0.2) is 201 Å². The Balaban J connectivity index is 0.000000258. The number of halogens is 6. The summed E-state index contributed by atoms with van der Waals surface area (Å²) < 4.78 is 164. The second-order valence-corrected chi connectivity index (χ2v) is 42.7. The summed E-state index contributed by atoms with van der Waals surface area (Å²) in [6, 6.07) is 33.1. The van der Waals surface area contributed by atoms with Gasteiger partial charge in [-0.05, 0) is 206 Å². The molecule has 6 amide bonds. The molecule has 9 atom stereocenters. The third-order valence-corrected chi connectivity index (χ3v) is 30.8. The highest BCUT2D eigenvalue weighted by molar-refractivity contribution is 7.92. The van der Waals surface area contributed by atoms with Crippen LogP contribution >= 0.6 is 0 Å². The summed E-state index contributed by atoms with van der Waals surface area (Å²) >= 11 is 0. The van der Waals surface area contributed by atoms with Crippen molar-refractivity contribution < 1.29 is 95.7 Å². The van der Waals surface area contributed by atoms with Crippen molar-refractivity contribution in [3.63, 3.8) is 0 Å². The summed E-state index contributed by atoms with van der Waals surface area (Å²) in [6.07, 6.45) is 12.6. The lowest BCUT2D eigenvalue weighted by Crippen LogP contribution is -2.58. The predicted molar refractivity (Wildman–Crippen MR) is 528 cm³/mol. The molecule has 3 heterocycles. The molecule has 0 radical (unpaired) electrons. The van der Waals surface area contributed by atoms with Crippen LogP contribution in [0.2, 0.25) is 0 Å². The first kappa shape index (κ1) is 114. The van der Waals surface area contributed by atoms with Crippen LogP contribution in [0.5, 0.6) is 0 Å². The van der Waals surface area contributed by atoms with Gasteiger partial charge in [0.05, 0.1) is 68.5 Å². The zero-order chi connectivity index (χ0) is 103. The number of aliphatic hydroxyl groups excluding tert-OH is 3. The molecule has 0 saturated heterocycles. The highest BCUT2D eigenvalue weighted by Crippen LogP contribution is 2.52. The second kappa shape index (κ2) is 55.3. The van der Waals surface area contributed by atoms with E-state index >= 15 is 0 Å². The van der Waals surface area contributed by atoms with Crippen molar-refractivity contribution in [3.8, 4) is 0 Å². The largest absolute Gasteiger partial charge is 0.390 e. The Morgan fingerprint density at radius 3 is 1.08 bits per heavy atom. The van der Waals surface area contributed by atoms with Crippen molar-refractivity contribution in [1.82, 2.24) is 45.6 Å². The first-order valence-electron chi connectivity index (χ1n) is 47.7. The van der Waals surface area contributed by atoms with Gasteiger partial charge >= 0.3 is 0 Å². The molecule has 27 nitrogen and oxygen atoms in total. The van der Waals surface area contributed by atoms with E-state index in [-0.39, 0.29) is 91.1 Å². The standard InChI is InChI=1S/C37H48F2N4O5S.C35H46F2N4O5S.C32H40F2N4O5S/c1-4-8-31(9-5-2)49(47,48)24-33(42-35(45)27-12-16-41-17-13-27)36(46)43(37(14-15-37)28-11-7-10-25(6-3)18-28)23-34(44)32(40)21-26-19-29(38)22-30(39)20-26;1-4-9-30(10-5-2)47(45,46)23-32(40-34(43)27-13-8-14-39-20-27)35(44)41(21-25-12-7-11-24(6-3)15-25)22-33(42)31(38)18-26-16-28(36)19-29(37)17-26;1-3-5-12-44(42,43)21-29(37-31(40)25-10-7-11-36-18-25)32(41)38(19-23-9-6-8-22(4-2)13-23)20-30(39)28(35)16-24-14-26(33)17-27(34)15-24/h7,10-13,16-20,22,31-34,44H,4-6,8-9,14-15,21,23-24,40H2,1-3H3,(H,42,45);7-8,11-17,19-20,30-33,42H,4-6,9-10,18,21-23,38H2,1-3H3,(H,40,43);6-11,13-15,17-18,28-30,39H,3-5,12,16,19-21,35H2,1-2H3,(H,37,40)/t32-,33+,34+;31-,32+,33+;28-,29+,30+/m000/s1. The number of carbonyl (C=O) groups excluding carboxylic acids is 6. The Kier molecular flexibility index (Phi) is 45.0. The van der Waals surface area contributed by atoms with Gasteiger partial charge in [-0.1, -0.05) is 160 Å². The van der Waals surface area contributed by atoms with E-state index in [0.29, 0.717) is 77.0 Å². The fourth-order valence-electron chi connectivity index (χ4n) is 16.8. The number of unbranched alkanes of at least 4 members (excludes halogenated alkanes) is 1. The molecule has 10 rings (SSSR count). The van der Waals surface area contributed by atoms with Crippen molar-refractivity contribution in [2.75, 3.05) is 42.6 Å². The average molecular weight is 2000 g/mol. The number of benzene rings is 6. The summed E-state index contributed by atoms with van der Waals surface area (Å²) in [5.74, 6) is -10.9. The molecule has 0 unspecified atom stereocenters. The zero-order valence-corrected chi connectivity index (χ0v) is 83.1. The minimum atomic E-state index is -3.88. The number of amides is 6. The smallest absolute Gasteiger partial charge is 0.253 e. The van der Waals surface area contributed by atoms with E-state index in [9.17, 15) is 95.7 Å². The zero-order valence-electron chi connectivity index (χ0n) is 80.6. The number of nitrogens with zero attached hydrogens (tertiary/aromatic N) is 6. The number of pyridine rings is 3. The minimum Gasteiger partial charge on any atom is -0.390 e. The topological polar surface area (TPSA) is 428 Å². The van der Waals surface area contributed by atoms with Crippen molar-refractivity contribution in [3.05, 3.63) is 303 Å². The molecule has 140 heavy (non-hydrogen) atoms. The summed E-state index contributed by atoms with van der Waals surface area (Å²) in [6.45, 7) is 14.4. The van der Waals surface area contributed by atoms with Crippen LogP contribution in [0.4, 0.5) is 26.3 Å². The van der Waals surface area contributed by atoms with Gasteiger partial charge in [0.15, 0.2) is 29.5 Å². The van der Waals surface area contributed by atoms with E-state index < -0.39 is 188 Å². The van der Waals surface area contributed by atoms with Crippen LogP contribution in [-0.4, -0.2) is 213 Å². The molecule has 9 aromatic rings. The van der Waals surface area contributed by atoms with E-state index in [1.807, 2.05) is 116 Å².